The lowest BCUT2D eigenvalue weighted by Gasteiger charge is -2.20. The van der Waals surface area contributed by atoms with Gasteiger partial charge in [0.05, 0.1) is 17.7 Å². The van der Waals surface area contributed by atoms with Crippen LogP contribution in [0.15, 0.2) is 66.0 Å². The number of amides is 2. The van der Waals surface area contributed by atoms with Gasteiger partial charge in [-0.25, -0.2) is 0 Å². The zero-order valence-corrected chi connectivity index (χ0v) is 16.0. The molecule has 2 aromatic carbocycles. The molecule has 2 amide bonds. The van der Waals surface area contributed by atoms with Crippen LogP contribution in [0.25, 0.3) is 0 Å². The number of rotatable bonds is 6. The normalized spacial score (nSPS) is 10.3. The third kappa shape index (κ3) is 4.35. The number of nitrogens with one attached hydrogen (secondary N) is 1. The Morgan fingerprint density at radius 2 is 1.78 bits per heavy atom. The summed E-state index contributed by atoms with van der Waals surface area (Å²) < 4.78 is 5.32. The Bertz CT molecular complexity index is 921. The summed E-state index contributed by atoms with van der Waals surface area (Å²) in [5, 5.41) is 4.74. The number of thiophene rings is 1. The Morgan fingerprint density at radius 3 is 2.44 bits per heavy atom. The van der Waals surface area contributed by atoms with Gasteiger partial charge in [0.2, 0.25) is 0 Å². The number of carbonyl (C=O) groups excluding carboxylic acids is 2. The molecule has 0 radical (unpaired) electrons. The van der Waals surface area contributed by atoms with Gasteiger partial charge >= 0.3 is 0 Å². The van der Waals surface area contributed by atoms with Crippen LogP contribution in [0.3, 0.4) is 0 Å². The topological polar surface area (TPSA) is 58.6 Å². The summed E-state index contributed by atoms with van der Waals surface area (Å²) in [5.41, 5.74) is 2.20. The molecule has 0 atom stereocenters. The van der Waals surface area contributed by atoms with Crippen LogP contribution in [0.5, 0.6) is 5.75 Å². The highest BCUT2D eigenvalue weighted by molar-refractivity contribution is 7.12. The van der Waals surface area contributed by atoms with Crippen LogP contribution in [0, 0.1) is 0 Å². The zero-order valence-electron chi connectivity index (χ0n) is 15.1. The maximum absolute atomic E-state index is 12.7. The summed E-state index contributed by atoms with van der Waals surface area (Å²) in [5.74, 6) is 0.413. The van der Waals surface area contributed by atoms with E-state index >= 15 is 0 Å². The van der Waals surface area contributed by atoms with Crippen molar-refractivity contribution >= 4 is 28.8 Å². The first-order valence-corrected chi connectivity index (χ1v) is 9.30. The van der Waals surface area contributed by atoms with Crippen molar-refractivity contribution in [2.45, 2.75) is 6.54 Å². The van der Waals surface area contributed by atoms with Crippen LogP contribution in [0.2, 0.25) is 0 Å². The summed E-state index contributed by atoms with van der Waals surface area (Å²) in [4.78, 5) is 27.0. The van der Waals surface area contributed by atoms with Crippen molar-refractivity contribution in [3.05, 3.63) is 82.0 Å². The Kier molecular flexibility index (Phi) is 5.88. The monoisotopic (exact) mass is 380 g/mol. The second kappa shape index (κ2) is 8.51. The highest BCUT2D eigenvalue weighted by Gasteiger charge is 2.16. The van der Waals surface area contributed by atoms with Gasteiger partial charge in [-0.05, 0) is 41.3 Å². The average molecular weight is 380 g/mol. The van der Waals surface area contributed by atoms with E-state index in [1.54, 1.807) is 37.3 Å². The van der Waals surface area contributed by atoms with Crippen LogP contribution < -0.4 is 15.0 Å². The van der Waals surface area contributed by atoms with Gasteiger partial charge < -0.3 is 15.0 Å². The Labute approximate surface area is 162 Å². The van der Waals surface area contributed by atoms with E-state index in [4.69, 9.17) is 4.74 Å². The summed E-state index contributed by atoms with van der Waals surface area (Å²) in [6.45, 7) is 0.410. The number of benzene rings is 2. The quantitative estimate of drug-likeness (QED) is 0.704. The molecule has 1 N–H and O–H groups in total. The lowest BCUT2D eigenvalue weighted by atomic mass is 10.1. The van der Waals surface area contributed by atoms with Crippen LogP contribution in [0.1, 0.15) is 25.6 Å². The molecule has 0 saturated heterocycles. The molecule has 0 unspecified atom stereocenters. The maximum Gasteiger partial charge on any atom is 0.261 e. The molecule has 3 rings (SSSR count). The second-order valence-electron chi connectivity index (χ2n) is 5.89. The molecular formula is C21H20N2O3S. The van der Waals surface area contributed by atoms with Gasteiger partial charge in [0, 0.05) is 19.2 Å². The molecule has 0 aliphatic rings. The van der Waals surface area contributed by atoms with Crippen molar-refractivity contribution in [3.8, 4) is 5.75 Å². The van der Waals surface area contributed by atoms with E-state index in [-0.39, 0.29) is 11.8 Å². The zero-order chi connectivity index (χ0) is 19.2. The van der Waals surface area contributed by atoms with Crippen molar-refractivity contribution in [2.24, 2.45) is 0 Å². The van der Waals surface area contributed by atoms with Crippen molar-refractivity contribution in [1.29, 1.82) is 0 Å². The highest BCUT2D eigenvalue weighted by atomic mass is 32.1. The van der Waals surface area contributed by atoms with E-state index in [0.29, 0.717) is 28.4 Å². The molecule has 0 spiro atoms. The lowest BCUT2D eigenvalue weighted by Crippen LogP contribution is -2.26. The molecule has 0 fully saturated rings. The van der Waals surface area contributed by atoms with Crippen LogP contribution in [-0.2, 0) is 6.54 Å². The minimum atomic E-state index is -0.131. The third-order valence-electron chi connectivity index (χ3n) is 4.15. The van der Waals surface area contributed by atoms with Crippen LogP contribution in [0.4, 0.5) is 5.69 Å². The molecule has 27 heavy (non-hydrogen) atoms. The molecule has 1 heterocycles. The van der Waals surface area contributed by atoms with Crippen molar-refractivity contribution < 1.29 is 14.3 Å². The molecule has 5 nitrogen and oxygen atoms in total. The molecule has 3 aromatic rings. The molecule has 138 valence electrons. The number of nitrogens with zero attached hydrogens (tertiary/aromatic N) is 1. The molecule has 0 bridgehead atoms. The molecule has 1 aromatic heterocycles. The predicted octanol–water partition coefficient (Wildman–Crippen LogP) is 3.96. The van der Waals surface area contributed by atoms with Crippen LogP contribution in [-0.4, -0.2) is 26.0 Å². The van der Waals surface area contributed by atoms with Crippen molar-refractivity contribution in [2.75, 3.05) is 19.1 Å². The SMILES string of the molecule is COc1ccccc1N(C)C(=O)c1ccc(CNC(=O)c2cccs2)cc1. The second-order valence-corrected chi connectivity index (χ2v) is 6.84. The number of hydrogen-bond donors (Lipinski definition) is 1. The highest BCUT2D eigenvalue weighted by Crippen LogP contribution is 2.27. The minimum absolute atomic E-state index is 0.0962. The van der Waals surface area contributed by atoms with E-state index in [1.165, 1.54) is 11.3 Å². The molecular weight excluding hydrogens is 360 g/mol. The standard InChI is InChI=1S/C21H20N2O3S/c1-23(17-6-3-4-7-18(17)26-2)21(25)16-11-9-15(10-12-16)14-22-20(24)19-8-5-13-27-19/h3-13H,14H2,1-2H3,(H,22,24). The Morgan fingerprint density at radius 1 is 1.04 bits per heavy atom. The summed E-state index contributed by atoms with van der Waals surface area (Å²) in [6, 6.07) is 18.2. The van der Waals surface area contributed by atoms with Gasteiger partial charge in [0.25, 0.3) is 11.8 Å². The van der Waals surface area contributed by atoms with E-state index in [1.807, 2.05) is 47.8 Å². The molecule has 6 heteroatoms. The van der Waals surface area contributed by atoms with Gasteiger partial charge in [-0.3, -0.25) is 9.59 Å². The summed E-state index contributed by atoms with van der Waals surface area (Å²) in [7, 11) is 3.30. The Hall–Kier alpha value is -3.12. The molecule has 0 aliphatic carbocycles. The fourth-order valence-electron chi connectivity index (χ4n) is 2.65. The maximum atomic E-state index is 12.7. The molecule has 0 aliphatic heterocycles. The van der Waals surface area contributed by atoms with Crippen LogP contribution >= 0.6 is 11.3 Å². The number of para-hydroxylation sites is 2. The lowest BCUT2D eigenvalue weighted by molar-refractivity contribution is 0.0953. The first-order chi connectivity index (χ1) is 13.1. The third-order valence-corrected chi connectivity index (χ3v) is 5.02. The first kappa shape index (κ1) is 18.7. The first-order valence-electron chi connectivity index (χ1n) is 8.42. The summed E-state index contributed by atoms with van der Waals surface area (Å²) >= 11 is 1.40. The number of anilines is 1. The van der Waals surface area contributed by atoms with E-state index in [2.05, 4.69) is 5.32 Å². The number of carbonyl (C=O) groups is 2. The van der Waals surface area contributed by atoms with E-state index in [9.17, 15) is 9.59 Å². The average Bonchev–Trinajstić information content (AvgIpc) is 3.26. The van der Waals surface area contributed by atoms with Gasteiger partial charge in [0.15, 0.2) is 0 Å². The smallest absolute Gasteiger partial charge is 0.261 e. The van der Waals surface area contributed by atoms with Gasteiger partial charge in [-0.1, -0.05) is 30.3 Å². The number of ether oxygens (including phenoxy) is 1. The minimum Gasteiger partial charge on any atom is -0.495 e. The van der Waals surface area contributed by atoms with Gasteiger partial charge in [-0.2, -0.15) is 0 Å². The fourth-order valence-corrected chi connectivity index (χ4v) is 3.29. The molecule has 0 saturated carbocycles. The van der Waals surface area contributed by atoms with Gasteiger partial charge in [-0.15, -0.1) is 11.3 Å². The fraction of sp³-hybridized carbons (Fsp3) is 0.143. The van der Waals surface area contributed by atoms with E-state index < -0.39 is 0 Å². The van der Waals surface area contributed by atoms with Crippen molar-refractivity contribution in [3.63, 3.8) is 0 Å². The largest absolute Gasteiger partial charge is 0.495 e. The van der Waals surface area contributed by atoms with Crippen molar-refractivity contribution in [1.82, 2.24) is 5.32 Å². The number of hydrogen-bond acceptors (Lipinski definition) is 4. The Balaban J connectivity index is 1.65. The predicted molar refractivity (Wildman–Crippen MR) is 108 cm³/mol. The van der Waals surface area contributed by atoms with Gasteiger partial charge in [0.1, 0.15) is 5.75 Å². The number of methoxy groups -OCH3 is 1. The summed E-state index contributed by atoms with van der Waals surface area (Å²) in [6.07, 6.45) is 0. The van der Waals surface area contributed by atoms with E-state index in [0.717, 1.165) is 5.56 Å².